The van der Waals surface area contributed by atoms with Crippen LogP contribution in [0.15, 0.2) is 352 Å². The highest BCUT2D eigenvalue weighted by Gasteiger charge is 2.20. The molecule has 19 rings (SSSR count). The molecule has 0 aliphatic carbocycles. The van der Waals surface area contributed by atoms with Gasteiger partial charge in [-0.3, -0.25) is 0 Å². The minimum Gasteiger partial charge on any atom is -0.355 e. The molecule has 0 fully saturated rings. The van der Waals surface area contributed by atoms with Crippen LogP contribution < -0.4 is 9.80 Å². The molecule has 0 aliphatic rings. The quantitative estimate of drug-likeness (QED) is 0.138. The van der Waals surface area contributed by atoms with Crippen molar-refractivity contribution in [3.8, 4) is 44.5 Å². The Hall–Kier alpha value is -12.6. The molecule has 0 saturated carbocycles. The molecular formula is C92H59N3. The molecule has 1 aromatic heterocycles. The van der Waals surface area contributed by atoms with Crippen molar-refractivity contribution in [2.45, 2.75) is 0 Å². The van der Waals surface area contributed by atoms with Crippen LogP contribution in [0.2, 0.25) is 0 Å². The predicted octanol–water partition coefficient (Wildman–Crippen LogP) is 26.2. The van der Waals surface area contributed by atoms with Gasteiger partial charge in [-0.25, -0.2) is 0 Å². The number of H-pyrrole nitrogens is 1. The minimum absolute atomic E-state index is 1.06. The second-order valence-corrected chi connectivity index (χ2v) is 25.5. The number of nitrogens with zero attached hydrogens (tertiary/aromatic N) is 2. The van der Waals surface area contributed by atoms with Gasteiger partial charge < -0.3 is 14.8 Å². The third-order valence-corrected chi connectivity index (χ3v) is 19.7. The van der Waals surface area contributed by atoms with Crippen LogP contribution in [-0.2, 0) is 0 Å². The molecule has 0 radical (unpaired) electrons. The van der Waals surface area contributed by atoms with Crippen molar-refractivity contribution in [3.05, 3.63) is 352 Å². The van der Waals surface area contributed by atoms with E-state index in [1.165, 1.54) is 131 Å². The normalized spacial score (nSPS) is 11.8. The maximum absolute atomic E-state index is 3.82. The zero-order valence-electron chi connectivity index (χ0n) is 51.9. The zero-order valence-corrected chi connectivity index (χ0v) is 51.9. The Balaban J connectivity index is 0.713. The number of nitrogens with one attached hydrogen (secondary N) is 1. The van der Waals surface area contributed by atoms with Gasteiger partial charge in [-0.15, -0.1) is 0 Å². The Labute approximate surface area is 549 Å². The molecule has 3 heteroatoms. The van der Waals surface area contributed by atoms with Gasteiger partial charge in [0.05, 0.1) is 0 Å². The number of aromatic amines is 1. The maximum atomic E-state index is 3.82. The molecule has 95 heavy (non-hydrogen) atoms. The summed E-state index contributed by atoms with van der Waals surface area (Å²) in [5.74, 6) is 0. The SMILES string of the molecule is c1ccc2cc3cc(-c4ccc(N(c5ccc(-c6ccc7cc8ccccc8cc7c6)cc5)c5ccc6[nH]c7ccc(N(c8ccc(-c9ccc%10cc%11ccccc%11cc%10c9)cc8)c8ccc(-c9ccc%10cc%11ccccc%11cc%10c9)cc8)cc7c6c5)cc4)ccc3cc2c1. The second-order valence-electron chi connectivity index (χ2n) is 25.5. The van der Waals surface area contributed by atoms with Gasteiger partial charge in [0.15, 0.2) is 0 Å². The molecule has 0 aliphatic heterocycles. The van der Waals surface area contributed by atoms with Crippen molar-refractivity contribution in [2.24, 2.45) is 0 Å². The van der Waals surface area contributed by atoms with E-state index in [1.807, 2.05) is 0 Å². The van der Waals surface area contributed by atoms with E-state index in [9.17, 15) is 0 Å². The highest BCUT2D eigenvalue weighted by atomic mass is 15.1. The fraction of sp³-hybridized carbons (Fsp3) is 0. The van der Waals surface area contributed by atoms with Gasteiger partial charge in [0.2, 0.25) is 0 Å². The topological polar surface area (TPSA) is 22.3 Å². The molecule has 0 saturated heterocycles. The van der Waals surface area contributed by atoms with E-state index in [1.54, 1.807) is 0 Å². The van der Waals surface area contributed by atoms with Gasteiger partial charge >= 0.3 is 0 Å². The largest absolute Gasteiger partial charge is 0.355 e. The van der Waals surface area contributed by atoms with Gasteiger partial charge in [0.25, 0.3) is 0 Å². The van der Waals surface area contributed by atoms with E-state index in [2.05, 4.69) is 367 Å². The number of fused-ring (bicyclic) bond motifs is 11. The van der Waals surface area contributed by atoms with Crippen molar-refractivity contribution < 1.29 is 0 Å². The lowest BCUT2D eigenvalue weighted by Gasteiger charge is -2.26. The third-order valence-electron chi connectivity index (χ3n) is 19.7. The molecule has 0 unspecified atom stereocenters. The molecular weight excluding hydrogens is 1150 g/mol. The monoisotopic (exact) mass is 1210 g/mol. The average Bonchev–Trinajstić information content (AvgIpc) is 1.73. The number of rotatable bonds is 10. The van der Waals surface area contributed by atoms with Crippen molar-refractivity contribution in [3.63, 3.8) is 0 Å². The van der Waals surface area contributed by atoms with Crippen LogP contribution in [0, 0.1) is 0 Å². The molecule has 0 amide bonds. The lowest BCUT2D eigenvalue weighted by Crippen LogP contribution is -2.10. The van der Waals surface area contributed by atoms with Gasteiger partial charge in [-0.1, -0.05) is 194 Å². The molecule has 0 spiro atoms. The van der Waals surface area contributed by atoms with Crippen molar-refractivity contribution in [1.29, 1.82) is 0 Å². The van der Waals surface area contributed by atoms with E-state index >= 15 is 0 Å². The number of hydrogen-bond acceptors (Lipinski definition) is 2. The number of benzene rings is 18. The van der Waals surface area contributed by atoms with Gasteiger partial charge in [0, 0.05) is 55.9 Å². The van der Waals surface area contributed by atoms with E-state index in [4.69, 9.17) is 0 Å². The summed E-state index contributed by atoms with van der Waals surface area (Å²) in [6.07, 6.45) is 0. The van der Waals surface area contributed by atoms with Gasteiger partial charge in [0.1, 0.15) is 0 Å². The van der Waals surface area contributed by atoms with Crippen LogP contribution in [-0.4, -0.2) is 4.98 Å². The summed E-state index contributed by atoms with van der Waals surface area (Å²) in [4.78, 5) is 8.63. The first-order chi connectivity index (χ1) is 46.9. The summed E-state index contributed by atoms with van der Waals surface area (Å²) in [7, 11) is 0. The molecule has 3 nitrogen and oxygen atoms in total. The molecule has 0 bridgehead atoms. The molecule has 0 atom stereocenters. The first-order valence-corrected chi connectivity index (χ1v) is 32.7. The van der Waals surface area contributed by atoms with Crippen LogP contribution in [0.25, 0.3) is 152 Å². The summed E-state index contributed by atoms with van der Waals surface area (Å²) in [5.41, 5.74) is 18.0. The summed E-state index contributed by atoms with van der Waals surface area (Å²) in [5, 5.41) is 22.2. The molecule has 19 aromatic rings. The molecule has 1 heterocycles. The van der Waals surface area contributed by atoms with Crippen LogP contribution in [0.5, 0.6) is 0 Å². The first kappa shape index (κ1) is 54.2. The van der Waals surface area contributed by atoms with Crippen molar-refractivity contribution in [2.75, 3.05) is 9.80 Å². The van der Waals surface area contributed by atoms with Gasteiger partial charge in [-0.2, -0.15) is 0 Å². The van der Waals surface area contributed by atoms with E-state index in [0.717, 1.165) is 55.9 Å². The molecule has 1 N–H and O–H groups in total. The first-order valence-electron chi connectivity index (χ1n) is 32.7. The summed E-state index contributed by atoms with van der Waals surface area (Å²) in [6.45, 7) is 0. The summed E-state index contributed by atoms with van der Waals surface area (Å²) < 4.78 is 0. The summed E-state index contributed by atoms with van der Waals surface area (Å²) in [6, 6.07) is 130. The average molecular weight is 1210 g/mol. The number of aromatic nitrogens is 1. The summed E-state index contributed by atoms with van der Waals surface area (Å²) >= 11 is 0. The van der Waals surface area contributed by atoms with Crippen LogP contribution in [0.3, 0.4) is 0 Å². The zero-order chi connectivity index (χ0) is 62.5. The van der Waals surface area contributed by atoms with Crippen molar-refractivity contribution in [1.82, 2.24) is 4.98 Å². The standard InChI is InChI=1S/C92H59N3/c1-5-13-67-49-79-53-71(17-21-75(79)45-63(67)9-1)59-25-33-83(34-26-59)94(84-35-27-60(28-36-84)72-18-22-76-46-64-10-2-6-14-68(64)50-80(76)54-72)87-41-43-91-89(57-87)90-58-88(42-44-92(90)93-91)95(85-37-29-61(30-38-85)73-19-23-77-47-65-11-3-7-15-69(65)51-81(77)55-73)86-39-31-62(32-40-86)74-20-24-78-48-66-12-4-8-16-70(66)52-82(78)56-74/h1-58,93H. The highest BCUT2D eigenvalue weighted by Crippen LogP contribution is 2.44. The highest BCUT2D eigenvalue weighted by molar-refractivity contribution is 6.11. The van der Waals surface area contributed by atoms with Gasteiger partial charge in [-0.05, 0) is 288 Å². The fourth-order valence-electron chi connectivity index (χ4n) is 14.7. The van der Waals surface area contributed by atoms with Crippen LogP contribution in [0.1, 0.15) is 0 Å². The third kappa shape index (κ3) is 9.76. The number of hydrogen-bond donors (Lipinski definition) is 1. The minimum atomic E-state index is 1.06. The Morgan fingerprint density at radius 2 is 0.347 bits per heavy atom. The smallest absolute Gasteiger partial charge is 0.0469 e. The fourth-order valence-corrected chi connectivity index (χ4v) is 14.7. The van der Waals surface area contributed by atoms with E-state index in [0.29, 0.717) is 0 Å². The predicted molar refractivity (Wildman–Crippen MR) is 407 cm³/mol. The second kappa shape index (κ2) is 22.1. The van der Waals surface area contributed by atoms with Crippen molar-refractivity contribution >= 4 is 142 Å². The lowest BCUT2D eigenvalue weighted by atomic mass is 9.98. The van der Waals surface area contributed by atoms with E-state index < -0.39 is 0 Å². The Bertz CT molecular complexity index is 5550. The Kier molecular flexibility index (Phi) is 12.6. The lowest BCUT2D eigenvalue weighted by molar-refractivity contribution is 1.29. The van der Waals surface area contributed by atoms with Crippen LogP contribution in [0.4, 0.5) is 34.1 Å². The number of anilines is 6. The Morgan fingerprint density at radius 1 is 0.147 bits per heavy atom. The molecule has 442 valence electrons. The Morgan fingerprint density at radius 3 is 0.589 bits per heavy atom. The van der Waals surface area contributed by atoms with E-state index in [-0.39, 0.29) is 0 Å². The maximum Gasteiger partial charge on any atom is 0.0469 e. The molecule has 18 aromatic carbocycles. The van der Waals surface area contributed by atoms with Crippen LogP contribution >= 0.6 is 0 Å².